The molecule has 2 aromatic carbocycles. The van der Waals surface area contributed by atoms with Crippen LogP contribution in [-0.2, 0) is 13.3 Å². The summed E-state index contributed by atoms with van der Waals surface area (Å²) in [6.45, 7) is 3.53. The molecule has 0 saturated carbocycles. The first kappa shape index (κ1) is 23.2. The number of hydrogen-bond acceptors (Lipinski definition) is 4. The monoisotopic (exact) mass is 512 g/mol. The van der Waals surface area contributed by atoms with Gasteiger partial charge in [0.1, 0.15) is 0 Å². The summed E-state index contributed by atoms with van der Waals surface area (Å²) in [5.41, 5.74) is 1.39. The summed E-state index contributed by atoms with van der Waals surface area (Å²) in [7, 11) is 0. The summed E-state index contributed by atoms with van der Waals surface area (Å²) in [5.74, 6) is 0.278. The van der Waals surface area contributed by atoms with Gasteiger partial charge in [0.05, 0.1) is 10.0 Å². The van der Waals surface area contributed by atoms with E-state index in [1.54, 1.807) is 41.4 Å². The van der Waals surface area contributed by atoms with E-state index in [1.807, 2.05) is 12.1 Å². The van der Waals surface area contributed by atoms with Gasteiger partial charge >= 0.3 is 0 Å². The summed E-state index contributed by atoms with van der Waals surface area (Å²) in [6, 6.07) is 12.3. The Balaban J connectivity index is 1.30. The Morgan fingerprint density at radius 1 is 0.938 bits per heavy atom. The third-order valence-electron chi connectivity index (χ3n) is 5.19. The number of ether oxygens (including phenoxy) is 1. The van der Waals surface area contributed by atoms with Gasteiger partial charge in [-0.1, -0.05) is 58.5 Å². The molecule has 1 aliphatic heterocycles. The number of halogens is 4. The molecule has 1 aliphatic rings. The fraction of sp³-hybridized carbons (Fsp3) is 0.273. The molecule has 0 atom stereocenters. The second kappa shape index (κ2) is 10.3. The Bertz CT molecular complexity index is 1090. The summed E-state index contributed by atoms with van der Waals surface area (Å²) in [4.78, 5) is 16.9. The van der Waals surface area contributed by atoms with Crippen molar-refractivity contribution in [3.05, 3.63) is 80.0 Å². The number of carbonyl (C=O) groups is 1. The molecule has 168 valence electrons. The van der Waals surface area contributed by atoms with Crippen molar-refractivity contribution in [2.24, 2.45) is 0 Å². The van der Waals surface area contributed by atoms with Gasteiger partial charge in [-0.2, -0.15) is 5.10 Å². The van der Waals surface area contributed by atoms with Crippen LogP contribution in [0.15, 0.2) is 48.7 Å². The highest BCUT2D eigenvalue weighted by Crippen LogP contribution is 2.32. The number of piperazine rings is 1. The van der Waals surface area contributed by atoms with E-state index in [9.17, 15) is 4.79 Å². The van der Waals surface area contributed by atoms with Crippen molar-refractivity contribution in [2.75, 3.05) is 26.2 Å². The lowest BCUT2D eigenvalue weighted by Gasteiger charge is -2.34. The summed E-state index contributed by atoms with van der Waals surface area (Å²) < 4.78 is 7.20. The number of hydrogen-bond donors (Lipinski definition) is 0. The smallest absolute Gasteiger partial charge is 0.274 e. The van der Waals surface area contributed by atoms with Gasteiger partial charge < -0.3 is 9.64 Å². The third kappa shape index (κ3) is 5.50. The van der Waals surface area contributed by atoms with E-state index < -0.39 is 0 Å². The zero-order valence-corrected chi connectivity index (χ0v) is 20.0. The molecule has 10 heteroatoms. The molecule has 0 N–H and O–H groups in total. The van der Waals surface area contributed by atoms with Crippen LogP contribution in [0.25, 0.3) is 0 Å². The zero-order valence-electron chi connectivity index (χ0n) is 17.0. The van der Waals surface area contributed by atoms with Crippen molar-refractivity contribution >= 4 is 52.3 Å². The minimum absolute atomic E-state index is 0.0896. The number of carbonyl (C=O) groups excluding carboxylic acids is 1. The number of nitrogens with zero attached hydrogens (tertiary/aromatic N) is 4. The highest BCUT2D eigenvalue weighted by atomic mass is 35.5. The van der Waals surface area contributed by atoms with E-state index in [-0.39, 0.29) is 12.6 Å². The first-order valence-electron chi connectivity index (χ1n) is 9.96. The van der Waals surface area contributed by atoms with Gasteiger partial charge in [0.2, 0.25) is 0 Å². The number of para-hydroxylation sites is 1. The van der Waals surface area contributed by atoms with E-state index in [0.717, 1.165) is 18.7 Å². The van der Waals surface area contributed by atoms with Crippen molar-refractivity contribution in [2.45, 2.75) is 13.3 Å². The van der Waals surface area contributed by atoms with Crippen LogP contribution in [0.4, 0.5) is 0 Å². The van der Waals surface area contributed by atoms with Crippen LogP contribution in [0.5, 0.6) is 5.75 Å². The first-order valence-corrected chi connectivity index (χ1v) is 11.5. The van der Waals surface area contributed by atoms with Crippen LogP contribution in [0, 0.1) is 0 Å². The quantitative estimate of drug-likeness (QED) is 0.437. The SMILES string of the molecule is O=C(c1ccn(COc2c(Cl)cccc2Cl)n1)N1CCN(Cc2ccc(Cl)cc2Cl)CC1. The van der Waals surface area contributed by atoms with Crippen molar-refractivity contribution in [3.63, 3.8) is 0 Å². The van der Waals surface area contributed by atoms with E-state index in [1.165, 1.54) is 4.68 Å². The minimum Gasteiger partial charge on any atom is -0.468 e. The van der Waals surface area contributed by atoms with Gasteiger partial charge in [0.15, 0.2) is 18.2 Å². The Hall–Kier alpha value is -1.96. The van der Waals surface area contributed by atoms with E-state index in [2.05, 4.69) is 10.00 Å². The van der Waals surface area contributed by atoms with Crippen LogP contribution in [-0.4, -0.2) is 51.7 Å². The molecule has 1 aromatic heterocycles. The van der Waals surface area contributed by atoms with E-state index in [0.29, 0.717) is 51.2 Å². The fourth-order valence-electron chi connectivity index (χ4n) is 3.46. The highest BCUT2D eigenvalue weighted by molar-refractivity contribution is 6.37. The molecule has 2 heterocycles. The molecule has 4 rings (SSSR count). The van der Waals surface area contributed by atoms with Gasteiger partial charge in [0, 0.05) is 49.0 Å². The predicted molar refractivity (Wildman–Crippen MR) is 127 cm³/mol. The minimum atomic E-state index is -0.108. The lowest BCUT2D eigenvalue weighted by Crippen LogP contribution is -2.48. The normalized spacial score (nSPS) is 14.6. The van der Waals surface area contributed by atoms with Gasteiger partial charge in [0.25, 0.3) is 5.91 Å². The maximum Gasteiger partial charge on any atom is 0.274 e. The molecule has 0 unspecified atom stereocenters. The second-order valence-corrected chi connectivity index (χ2v) is 9.03. The molecule has 0 bridgehead atoms. The average Bonchev–Trinajstić information content (AvgIpc) is 3.24. The Morgan fingerprint density at radius 3 is 2.34 bits per heavy atom. The molecule has 0 radical (unpaired) electrons. The molecule has 6 nitrogen and oxygen atoms in total. The van der Waals surface area contributed by atoms with Gasteiger partial charge in [-0.05, 0) is 35.9 Å². The fourth-order valence-corrected chi connectivity index (χ4v) is 4.44. The standard InChI is InChI=1S/C22H20Cl4N4O2/c23-16-5-4-15(19(26)12-16)13-28-8-10-29(11-9-28)22(31)20-6-7-30(27-20)14-32-21-17(24)2-1-3-18(21)25/h1-7,12H,8-11,13-14H2. The largest absolute Gasteiger partial charge is 0.468 e. The maximum atomic E-state index is 12.9. The van der Waals surface area contributed by atoms with Crippen molar-refractivity contribution in [3.8, 4) is 5.75 Å². The molecule has 32 heavy (non-hydrogen) atoms. The molecule has 0 aliphatic carbocycles. The van der Waals surface area contributed by atoms with Gasteiger partial charge in [-0.25, -0.2) is 4.68 Å². The molecule has 0 spiro atoms. The van der Waals surface area contributed by atoms with E-state index in [4.69, 9.17) is 51.1 Å². The summed E-state index contributed by atoms with van der Waals surface area (Å²) >= 11 is 24.5. The Kier molecular flexibility index (Phi) is 7.48. The van der Waals surface area contributed by atoms with Crippen LogP contribution < -0.4 is 4.74 Å². The lowest BCUT2D eigenvalue weighted by molar-refractivity contribution is 0.0621. The Labute approximate surface area is 206 Å². The number of aromatic nitrogens is 2. The Morgan fingerprint density at radius 2 is 1.66 bits per heavy atom. The zero-order chi connectivity index (χ0) is 22.7. The average molecular weight is 514 g/mol. The van der Waals surface area contributed by atoms with Crippen molar-refractivity contribution in [1.82, 2.24) is 19.6 Å². The molecule has 3 aromatic rings. The van der Waals surface area contributed by atoms with Crippen molar-refractivity contribution in [1.29, 1.82) is 0 Å². The molecule has 1 fully saturated rings. The first-order chi connectivity index (χ1) is 15.4. The maximum absolute atomic E-state index is 12.9. The van der Waals surface area contributed by atoms with Gasteiger partial charge in [-0.15, -0.1) is 0 Å². The number of rotatable bonds is 6. The summed E-state index contributed by atoms with van der Waals surface area (Å²) in [6.07, 6.45) is 1.69. The third-order valence-corrected chi connectivity index (χ3v) is 6.37. The van der Waals surface area contributed by atoms with Crippen LogP contribution in [0.3, 0.4) is 0 Å². The van der Waals surface area contributed by atoms with E-state index >= 15 is 0 Å². The molecule has 1 saturated heterocycles. The van der Waals surface area contributed by atoms with Crippen LogP contribution >= 0.6 is 46.4 Å². The van der Waals surface area contributed by atoms with Gasteiger partial charge in [-0.3, -0.25) is 9.69 Å². The molecule has 1 amide bonds. The number of benzene rings is 2. The summed E-state index contributed by atoms with van der Waals surface area (Å²) in [5, 5.41) is 6.44. The molecular formula is C22H20Cl4N4O2. The molecular weight excluding hydrogens is 494 g/mol. The van der Waals surface area contributed by atoms with Crippen LogP contribution in [0.2, 0.25) is 20.1 Å². The highest BCUT2D eigenvalue weighted by Gasteiger charge is 2.24. The topological polar surface area (TPSA) is 50.6 Å². The second-order valence-electron chi connectivity index (χ2n) is 7.37. The van der Waals surface area contributed by atoms with Crippen LogP contribution in [0.1, 0.15) is 16.1 Å². The lowest BCUT2D eigenvalue weighted by atomic mass is 10.2. The predicted octanol–water partition coefficient (Wildman–Crippen LogP) is 5.49. The number of amides is 1. The van der Waals surface area contributed by atoms with Crippen molar-refractivity contribution < 1.29 is 9.53 Å².